The number of furan rings is 2. The van der Waals surface area contributed by atoms with E-state index in [1.165, 1.54) is 24.7 Å². The third kappa shape index (κ3) is 1.96. The maximum atomic E-state index is 11.3. The molecule has 2 aromatic heterocycles. The van der Waals surface area contributed by atoms with Gasteiger partial charge in [0.2, 0.25) is 0 Å². The molecule has 2 aromatic rings. The molecule has 0 saturated carbocycles. The number of imide groups is 1. The van der Waals surface area contributed by atoms with E-state index in [-0.39, 0.29) is 11.5 Å². The van der Waals surface area contributed by atoms with Gasteiger partial charge in [-0.2, -0.15) is 0 Å². The third-order valence-electron chi connectivity index (χ3n) is 1.72. The zero-order chi connectivity index (χ0) is 10.7. The Balaban J connectivity index is 2.04. The number of carbonyl (C=O) groups excluding carboxylic acids is 2. The fraction of sp³-hybridized carbons (Fsp3) is 0. The molecule has 0 atom stereocenters. The smallest absolute Gasteiger partial charge is 0.293 e. The summed E-state index contributed by atoms with van der Waals surface area (Å²) in [6.45, 7) is 0. The second-order valence-corrected chi connectivity index (χ2v) is 2.74. The highest BCUT2D eigenvalue weighted by molar-refractivity contribution is 6.08. The van der Waals surface area contributed by atoms with E-state index in [2.05, 4.69) is 5.32 Å². The molecule has 0 radical (unpaired) electrons. The minimum Gasteiger partial charge on any atom is -0.459 e. The van der Waals surface area contributed by atoms with E-state index in [4.69, 9.17) is 8.83 Å². The topological polar surface area (TPSA) is 72.5 Å². The molecule has 2 heterocycles. The lowest BCUT2D eigenvalue weighted by Crippen LogP contribution is -2.29. The summed E-state index contributed by atoms with van der Waals surface area (Å²) in [5.41, 5.74) is 0. The first-order valence-corrected chi connectivity index (χ1v) is 4.20. The Morgan fingerprint density at radius 2 is 1.40 bits per heavy atom. The van der Waals surface area contributed by atoms with E-state index in [1.807, 2.05) is 0 Å². The van der Waals surface area contributed by atoms with Crippen molar-refractivity contribution in [1.82, 2.24) is 5.32 Å². The number of nitrogens with one attached hydrogen (secondary N) is 1. The van der Waals surface area contributed by atoms with Gasteiger partial charge >= 0.3 is 0 Å². The maximum absolute atomic E-state index is 11.3. The monoisotopic (exact) mass is 205 g/mol. The molecular weight excluding hydrogens is 198 g/mol. The van der Waals surface area contributed by atoms with Crippen LogP contribution in [0.3, 0.4) is 0 Å². The summed E-state index contributed by atoms with van der Waals surface area (Å²) in [5.74, 6) is -1.03. The van der Waals surface area contributed by atoms with Gasteiger partial charge in [-0.3, -0.25) is 14.9 Å². The van der Waals surface area contributed by atoms with E-state index < -0.39 is 11.8 Å². The van der Waals surface area contributed by atoms with Crippen molar-refractivity contribution < 1.29 is 18.4 Å². The van der Waals surface area contributed by atoms with Gasteiger partial charge in [0.15, 0.2) is 11.5 Å². The van der Waals surface area contributed by atoms with Crippen molar-refractivity contribution in [3.8, 4) is 0 Å². The molecule has 15 heavy (non-hydrogen) atoms. The number of carbonyl (C=O) groups is 2. The SMILES string of the molecule is O=C(NC(=O)c1ccco1)c1ccco1. The summed E-state index contributed by atoms with van der Waals surface area (Å²) in [6.07, 6.45) is 2.71. The summed E-state index contributed by atoms with van der Waals surface area (Å²) in [7, 11) is 0. The molecule has 0 fully saturated rings. The molecule has 5 nitrogen and oxygen atoms in total. The van der Waals surface area contributed by atoms with Crippen LogP contribution >= 0.6 is 0 Å². The van der Waals surface area contributed by atoms with Crippen molar-refractivity contribution in [2.24, 2.45) is 0 Å². The normalized spacial score (nSPS) is 9.87. The first kappa shape index (κ1) is 9.26. The molecule has 2 amide bonds. The summed E-state index contributed by atoms with van der Waals surface area (Å²) in [5, 5.41) is 2.12. The van der Waals surface area contributed by atoms with Crippen molar-refractivity contribution in [3.63, 3.8) is 0 Å². The van der Waals surface area contributed by atoms with Gasteiger partial charge in [0.25, 0.3) is 11.8 Å². The minimum absolute atomic E-state index is 0.0786. The van der Waals surface area contributed by atoms with Crippen LogP contribution in [0.5, 0.6) is 0 Å². The molecule has 0 aromatic carbocycles. The van der Waals surface area contributed by atoms with Crippen LogP contribution in [0.4, 0.5) is 0 Å². The largest absolute Gasteiger partial charge is 0.459 e. The Bertz CT molecular complexity index is 411. The van der Waals surface area contributed by atoms with Crippen molar-refractivity contribution in [1.29, 1.82) is 0 Å². The van der Waals surface area contributed by atoms with Crippen LogP contribution in [0.25, 0.3) is 0 Å². The first-order valence-electron chi connectivity index (χ1n) is 4.20. The summed E-state index contributed by atoms with van der Waals surface area (Å²) >= 11 is 0. The van der Waals surface area contributed by atoms with Crippen LogP contribution < -0.4 is 5.32 Å². The van der Waals surface area contributed by atoms with Crippen molar-refractivity contribution in [3.05, 3.63) is 48.3 Å². The molecule has 2 rings (SSSR count). The van der Waals surface area contributed by atoms with E-state index >= 15 is 0 Å². The second-order valence-electron chi connectivity index (χ2n) is 2.74. The van der Waals surface area contributed by atoms with Gasteiger partial charge in [-0.05, 0) is 24.3 Å². The number of hydrogen-bond donors (Lipinski definition) is 1. The highest BCUT2D eigenvalue weighted by Crippen LogP contribution is 2.02. The van der Waals surface area contributed by atoms with Crippen LogP contribution in [-0.2, 0) is 0 Å². The van der Waals surface area contributed by atoms with E-state index in [0.29, 0.717) is 0 Å². The van der Waals surface area contributed by atoms with Gasteiger partial charge in [0.05, 0.1) is 12.5 Å². The van der Waals surface area contributed by atoms with E-state index in [9.17, 15) is 9.59 Å². The highest BCUT2D eigenvalue weighted by atomic mass is 16.3. The van der Waals surface area contributed by atoms with Crippen LogP contribution in [0.15, 0.2) is 45.6 Å². The van der Waals surface area contributed by atoms with Crippen molar-refractivity contribution in [2.45, 2.75) is 0 Å². The summed E-state index contributed by atoms with van der Waals surface area (Å²) < 4.78 is 9.64. The Morgan fingerprint density at radius 1 is 0.933 bits per heavy atom. The molecule has 76 valence electrons. The Labute approximate surface area is 84.7 Å². The van der Waals surface area contributed by atoms with Gasteiger partial charge in [-0.1, -0.05) is 0 Å². The molecule has 0 aliphatic rings. The standard InChI is InChI=1S/C10H7NO4/c12-9(7-3-1-5-14-7)11-10(13)8-4-2-6-15-8/h1-6H,(H,11,12,13). The third-order valence-corrected chi connectivity index (χ3v) is 1.72. The average molecular weight is 205 g/mol. The minimum atomic E-state index is -0.596. The summed E-state index contributed by atoms with van der Waals surface area (Å²) in [6, 6.07) is 6.05. The number of hydrogen-bond acceptors (Lipinski definition) is 4. The summed E-state index contributed by atoms with van der Waals surface area (Å²) in [4.78, 5) is 22.7. The fourth-order valence-electron chi connectivity index (χ4n) is 1.04. The quantitative estimate of drug-likeness (QED) is 0.753. The molecule has 1 N–H and O–H groups in total. The Morgan fingerprint density at radius 3 is 1.73 bits per heavy atom. The second kappa shape index (κ2) is 3.83. The van der Waals surface area contributed by atoms with Crippen LogP contribution in [0.2, 0.25) is 0 Å². The molecule has 0 bridgehead atoms. The molecule has 5 heteroatoms. The lowest BCUT2D eigenvalue weighted by Gasteiger charge is -1.97. The van der Waals surface area contributed by atoms with Crippen LogP contribution in [0.1, 0.15) is 21.1 Å². The predicted molar refractivity (Wildman–Crippen MR) is 49.2 cm³/mol. The Hall–Kier alpha value is -2.30. The highest BCUT2D eigenvalue weighted by Gasteiger charge is 2.15. The van der Waals surface area contributed by atoms with Gasteiger partial charge in [-0.15, -0.1) is 0 Å². The average Bonchev–Trinajstić information content (AvgIpc) is 2.91. The van der Waals surface area contributed by atoms with E-state index in [0.717, 1.165) is 0 Å². The lowest BCUT2D eigenvalue weighted by molar-refractivity contribution is 0.0817. The molecule has 0 unspecified atom stereocenters. The number of rotatable bonds is 2. The molecular formula is C10H7NO4. The Kier molecular flexibility index (Phi) is 2.37. The maximum Gasteiger partial charge on any atom is 0.293 e. The van der Waals surface area contributed by atoms with Gasteiger partial charge < -0.3 is 8.83 Å². The molecule has 0 spiro atoms. The number of amides is 2. The van der Waals surface area contributed by atoms with Crippen molar-refractivity contribution in [2.75, 3.05) is 0 Å². The van der Waals surface area contributed by atoms with Gasteiger partial charge in [0, 0.05) is 0 Å². The first-order chi connectivity index (χ1) is 7.27. The molecule has 0 aliphatic carbocycles. The fourth-order valence-corrected chi connectivity index (χ4v) is 1.04. The predicted octanol–water partition coefficient (Wildman–Crippen LogP) is 1.44. The van der Waals surface area contributed by atoms with E-state index in [1.54, 1.807) is 12.1 Å². The zero-order valence-corrected chi connectivity index (χ0v) is 7.60. The van der Waals surface area contributed by atoms with Crippen molar-refractivity contribution >= 4 is 11.8 Å². The molecule has 0 aliphatic heterocycles. The van der Waals surface area contributed by atoms with Gasteiger partial charge in [-0.25, -0.2) is 0 Å². The molecule has 0 saturated heterocycles. The van der Waals surface area contributed by atoms with Gasteiger partial charge in [0.1, 0.15) is 0 Å². The van der Waals surface area contributed by atoms with Crippen LogP contribution in [-0.4, -0.2) is 11.8 Å². The van der Waals surface area contributed by atoms with Crippen LogP contribution in [0, 0.1) is 0 Å². The zero-order valence-electron chi connectivity index (χ0n) is 7.60. The lowest BCUT2D eigenvalue weighted by atomic mass is 10.4.